The summed E-state index contributed by atoms with van der Waals surface area (Å²) in [5, 5.41) is 0. The minimum absolute atomic E-state index is 0.300. The van der Waals surface area contributed by atoms with Crippen LogP contribution < -0.4 is 5.73 Å². The standard InChI is InChI=1S/C15H29N3O/c1-12(10-16)11-17-6-8-18(9-7-17)15(19)14-5-3-4-13(14)2/h12-14H,3-11,16H2,1-2H3. The highest BCUT2D eigenvalue weighted by atomic mass is 16.2. The van der Waals surface area contributed by atoms with Crippen molar-refractivity contribution in [1.29, 1.82) is 0 Å². The SMILES string of the molecule is CC(CN)CN1CCN(C(=O)C2CCCC2C)CC1. The van der Waals surface area contributed by atoms with E-state index in [1.54, 1.807) is 0 Å². The summed E-state index contributed by atoms with van der Waals surface area (Å²) < 4.78 is 0. The fourth-order valence-electron chi connectivity index (χ4n) is 3.41. The first-order valence-electron chi connectivity index (χ1n) is 7.83. The predicted octanol–water partition coefficient (Wildman–Crippen LogP) is 1.16. The molecule has 1 amide bonds. The van der Waals surface area contributed by atoms with Crippen LogP contribution in [0.25, 0.3) is 0 Å². The summed E-state index contributed by atoms with van der Waals surface area (Å²) in [6.07, 6.45) is 3.56. The first kappa shape index (κ1) is 14.8. The molecule has 110 valence electrons. The van der Waals surface area contributed by atoms with E-state index >= 15 is 0 Å². The average molecular weight is 267 g/mol. The van der Waals surface area contributed by atoms with Crippen molar-refractivity contribution < 1.29 is 4.79 Å². The normalized spacial score (nSPS) is 30.6. The Labute approximate surface area is 117 Å². The van der Waals surface area contributed by atoms with Crippen molar-refractivity contribution in [3.05, 3.63) is 0 Å². The van der Waals surface area contributed by atoms with Crippen molar-refractivity contribution in [3.8, 4) is 0 Å². The minimum atomic E-state index is 0.300. The van der Waals surface area contributed by atoms with Crippen molar-refractivity contribution in [1.82, 2.24) is 9.80 Å². The molecular formula is C15H29N3O. The van der Waals surface area contributed by atoms with Gasteiger partial charge >= 0.3 is 0 Å². The molecule has 0 aromatic carbocycles. The van der Waals surface area contributed by atoms with Gasteiger partial charge in [-0.1, -0.05) is 20.3 Å². The average Bonchev–Trinajstić information content (AvgIpc) is 2.85. The third-order valence-electron chi connectivity index (χ3n) is 4.83. The van der Waals surface area contributed by atoms with E-state index in [1.807, 2.05) is 0 Å². The first-order chi connectivity index (χ1) is 9.11. The van der Waals surface area contributed by atoms with Crippen LogP contribution in [0.2, 0.25) is 0 Å². The van der Waals surface area contributed by atoms with Gasteiger partial charge in [-0.05, 0) is 31.2 Å². The maximum absolute atomic E-state index is 12.5. The van der Waals surface area contributed by atoms with Crippen molar-refractivity contribution in [2.75, 3.05) is 39.3 Å². The Morgan fingerprint density at radius 3 is 2.47 bits per heavy atom. The molecule has 0 spiro atoms. The molecule has 2 aliphatic rings. The summed E-state index contributed by atoms with van der Waals surface area (Å²) in [6.45, 7) is 10.1. The van der Waals surface area contributed by atoms with Crippen molar-refractivity contribution in [2.24, 2.45) is 23.5 Å². The quantitative estimate of drug-likeness (QED) is 0.831. The van der Waals surface area contributed by atoms with E-state index < -0.39 is 0 Å². The van der Waals surface area contributed by atoms with Gasteiger partial charge in [0.25, 0.3) is 0 Å². The van der Waals surface area contributed by atoms with Crippen LogP contribution >= 0.6 is 0 Å². The predicted molar refractivity (Wildman–Crippen MR) is 77.7 cm³/mol. The van der Waals surface area contributed by atoms with Gasteiger partial charge in [-0.15, -0.1) is 0 Å². The lowest BCUT2D eigenvalue weighted by Crippen LogP contribution is -2.51. The molecule has 3 atom stereocenters. The maximum Gasteiger partial charge on any atom is 0.226 e. The van der Waals surface area contributed by atoms with Gasteiger partial charge in [-0.3, -0.25) is 9.69 Å². The highest BCUT2D eigenvalue weighted by molar-refractivity contribution is 5.79. The van der Waals surface area contributed by atoms with Crippen LogP contribution in [0.3, 0.4) is 0 Å². The van der Waals surface area contributed by atoms with Crippen LogP contribution in [-0.4, -0.2) is 55.0 Å². The number of nitrogens with zero attached hydrogens (tertiary/aromatic N) is 2. The molecule has 19 heavy (non-hydrogen) atoms. The summed E-state index contributed by atoms with van der Waals surface area (Å²) in [5.74, 6) is 1.85. The second-order valence-electron chi connectivity index (χ2n) is 6.48. The van der Waals surface area contributed by atoms with Crippen molar-refractivity contribution in [2.45, 2.75) is 33.1 Å². The van der Waals surface area contributed by atoms with E-state index in [0.29, 0.717) is 23.7 Å². The second-order valence-corrected chi connectivity index (χ2v) is 6.48. The third-order valence-corrected chi connectivity index (χ3v) is 4.83. The summed E-state index contributed by atoms with van der Waals surface area (Å²) in [7, 11) is 0. The Balaban J connectivity index is 1.78. The maximum atomic E-state index is 12.5. The van der Waals surface area contributed by atoms with Crippen LogP contribution in [0.1, 0.15) is 33.1 Å². The largest absolute Gasteiger partial charge is 0.340 e. The summed E-state index contributed by atoms with van der Waals surface area (Å²) >= 11 is 0. The molecule has 4 nitrogen and oxygen atoms in total. The molecule has 0 aromatic rings. The number of carbonyl (C=O) groups excluding carboxylic acids is 1. The lowest BCUT2D eigenvalue weighted by Gasteiger charge is -2.37. The smallest absolute Gasteiger partial charge is 0.226 e. The van der Waals surface area contributed by atoms with Gasteiger partial charge < -0.3 is 10.6 Å². The Bertz CT molecular complexity index is 300. The van der Waals surface area contributed by atoms with E-state index in [2.05, 4.69) is 23.6 Å². The van der Waals surface area contributed by atoms with Crippen LogP contribution in [0.15, 0.2) is 0 Å². The van der Waals surface area contributed by atoms with Crippen LogP contribution in [0.4, 0.5) is 0 Å². The molecular weight excluding hydrogens is 238 g/mol. The molecule has 2 N–H and O–H groups in total. The lowest BCUT2D eigenvalue weighted by molar-refractivity contribution is -0.138. The van der Waals surface area contributed by atoms with Gasteiger partial charge in [0.15, 0.2) is 0 Å². The fraction of sp³-hybridized carbons (Fsp3) is 0.933. The van der Waals surface area contributed by atoms with Crippen molar-refractivity contribution >= 4 is 5.91 Å². The molecule has 3 unspecified atom stereocenters. The minimum Gasteiger partial charge on any atom is -0.340 e. The Kier molecular flexibility index (Phi) is 5.22. The zero-order valence-electron chi connectivity index (χ0n) is 12.5. The van der Waals surface area contributed by atoms with Gasteiger partial charge in [0.05, 0.1) is 0 Å². The Morgan fingerprint density at radius 1 is 1.26 bits per heavy atom. The molecule has 0 radical (unpaired) electrons. The zero-order chi connectivity index (χ0) is 13.8. The number of rotatable bonds is 4. The van der Waals surface area contributed by atoms with Crippen LogP contribution in [0.5, 0.6) is 0 Å². The molecule has 4 heteroatoms. The van der Waals surface area contributed by atoms with Gasteiger partial charge in [-0.2, -0.15) is 0 Å². The second kappa shape index (κ2) is 6.71. The number of piperazine rings is 1. The first-order valence-corrected chi connectivity index (χ1v) is 7.83. The highest BCUT2D eigenvalue weighted by Gasteiger charge is 2.33. The number of amides is 1. The summed E-state index contributed by atoms with van der Waals surface area (Å²) in [4.78, 5) is 17.0. The fourth-order valence-corrected chi connectivity index (χ4v) is 3.41. The summed E-state index contributed by atoms with van der Waals surface area (Å²) in [5.41, 5.74) is 5.67. The number of nitrogens with two attached hydrogens (primary N) is 1. The van der Waals surface area contributed by atoms with Gasteiger partial charge in [0.1, 0.15) is 0 Å². The van der Waals surface area contributed by atoms with Gasteiger partial charge in [0.2, 0.25) is 5.91 Å². The van der Waals surface area contributed by atoms with Crippen molar-refractivity contribution in [3.63, 3.8) is 0 Å². The molecule has 1 heterocycles. The van der Waals surface area contributed by atoms with Crippen LogP contribution in [0, 0.1) is 17.8 Å². The van der Waals surface area contributed by atoms with Gasteiger partial charge in [0, 0.05) is 38.6 Å². The Morgan fingerprint density at radius 2 is 1.95 bits per heavy atom. The number of carbonyl (C=O) groups is 1. The molecule has 1 aliphatic heterocycles. The third kappa shape index (κ3) is 3.69. The molecule has 1 saturated heterocycles. The zero-order valence-corrected chi connectivity index (χ0v) is 12.5. The topological polar surface area (TPSA) is 49.6 Å². The van der Waals surface area contributed by atoms with Crippen LogP contribution in [-0.2, 0) is 4.79 Å². The van der Waals surface area contributed by atoms with E-state index in [0.717, 1.165) is 45.7 Å². The molecule has 2 rings (SSSR count). The van der Waals surface area contributed by atoms with E-state index in [-0.39, 0.29) is 0 Å². The molecule has 2 fully saturated rings. The molecule has 1 aliphatic carbocycles. The van der Waals surface area contributed by atoms with E-state index in [9.17, 15) is 4.79 Å². The number of hydrogen-bond donors (Lipinski definition) is 1. The lowest BCUT2D eigenvalue weighted by atomic mass is 9.96. The highest BCUT2D eigenvalue weighted by Crippen LogP contribution is 2.32. The van der Waals surface area contributed by atoms with Gasteiger partial charge in [-0.25, -0.2) is 0 Å². The van der Waals surface area contributed by atoms with E-state index in [4.69, 9.17) is 5.73 Å². The monoisotopic (exact) mass is 267 g/mol. The molecule has 0 bridgehead atoms. The summed E-state index contributed by atoms with van der Waals surface area (Å²) in [6, 6.07) is 0. The molecule has 0 aromatic heterocycles. The van der Waals surface area contributed by atoms with E-state index in [1.165, 1.54) is 12.8 Å². The Hall–Kier alpha value is -0.610. The molecule has 1 saturated carbocycles. The number of hydrogen-bond acceptors (Lipinski definition) is 3.